The summed E-state index contributed by atoms with van der Waals surface area (Å²) in [5, 5.41) is 0. The third kappa shape index (κ3) is 64.5. The van der Waals surface area contributed by atoms with Gasteiger partial charge in [-0.1, -0.05) is 290 Å². The Bertz CT molecular complexity index is 1640. The van der Waals surface area contributed by atoms with Crippen molar-refractivity contribution in [1.82, 2.24) is 0 Å². The molecule has 450 valence electrons. The minimum atomic E-state index is -0.828. The summed E-state index contributed by atoms with van der Waals surface area (Å²) in [5.41, 5.74) is 0. The second kappa shape index (κ2) is 66.3. The summed E-state index contributed by atoms with van der Waals surface area (Å²) in [7, 11) is 0. The van der Waals surface area contributed by atoms with Crippen molar-refractivity contribution in [3.63, 3.8) is 0 Å². The van der Waals surface area contributed by atoms with Gasteiger partial charge in [0.2, 0.25) is 0 Å². The van der Waals surface area contributed by atoms with Gasteiger partial charge in [0.15, 0.2) is 6.10 Å². The van der Waals surface area contributed by atoms with Crippen LogP contribution in [-0.4, -0.2) is 37.2 Å². The first-order chi connectivity index (χ1) is 39.0. The lowest BCUT2D eigenvalue weighted by Gasteiger charge is -2.18. The molecule has 0 radical (unpaired) electrons. The van der Waals surface area contributed by atoms with E-state index in [0.29, 0.717) is 19.3 Å². The molecule has 0 saturated carbocycles. The molecule has 0 aromatic rings. The highest BCUT2D eigenvalue weighted by Gasteiger charge is 2.19. The number of ether oxygens (including phenoxy) is 3. The molecule has 0 aliphatic carbocycles. The number of hydrogen-bond acceptors (Lipinski definition) is 6. The van der Waals surface area contributed by atoms with Crippen molar-refractivity contribution >= 4 is 17.9 Å². The Balaban J connectivity index is 4.33. The van der Waals surface area contributed by atoms with Gasteiger partial charge in [0.25, 0.3) is 0 Å². The Morgan fingerprint density at radius 2 is 0.544 bits per heavy atom. The van der Waals surface area contributed by atoms with Crippen molar-refractivity contribution in [2.24, 2.45) is 0 Å². The molecule has 0 aliphatic rings. The van der Waals surface area contributed by atoms with Crippen molar-refractivity contribution in [3.05, 3.63) is 122 Å². The molecule has 0 aromatic carbocycles. The largest absolute Gasteiger partial charge is 0.462 e. The van der Waals surface area contributed by atoms with E-state index >= 15 is 0 Å². The Hall–Kier alpha value is -4.19. The van der Waals surface area contributed by atoms with E-state index in [-0.39, 0.29) is 31.6 Å². The third-order valence-corrected chi connectivity index (χ3v) is 13.9. The van der Waals surface area contributed by atoms with Gasteiger partial charge in [0.05, 0.1) is 0 Å². The molecule has 79 heavy (non-hydrogen) atoms. The van der Waals surface area contributed by atoms with Crippen LogP contribution in [0.1, 0.15) is 303 Å². The van der Waals surface area contributed by atoms with E-state index in [1.54, 1.807) is 0 Å². The summed E-state index contributed by atoms with van der Waals surface area (Å²) < 4.78 is 16.8. The summed E-state index contributed by atoms with van der Waals surface area (Å²) in [5.74, 6) is -1.01. The van der Waals surface area contributed by atoms with Crippen LogP contribution in [0.2, 0.25) is 0 Å². The molecule has 6 heteroatoms. The average Bonchev–Trinajstić information content (AvgIpc) is 3.45. The van der Waals surface area contributed by atoms with Crippen LogP contribution in [0.3, 0.4) is 0 Å². The summed E-state index contributed by atoms with van der Waals surface area (Å²) in [6, 6.07) is 0. The Kier molecular flexibility index (Phi) is 62.8. The lowest BCUT2D eigenvalue weighted by molar-refractivity contribution is -0.166. The number of allylic oxidation sites excluding steroid dienone is 20. The molecule has 0 N–H and O–H groups in total. The van der Waals surface area contributed by atoms with Crippen LogP contribution in [-0.2, 0) is 28.6 Å². The molecule has 1 atom stereocenters. The summed E-state index contributed by atoms with van der Waals surface area (Å²) in [6.07, 6.45) is 92.4. The predicted octanol–water partition coefficient (Wildman–Crippen LogP) is 22.8. The van der Waals surface area contributed by atoms with Gasteiger partial charge in [-0.15, -0.1) is 0 Å². The van der Waals surface area contributed by atoms with Crippen LogP contribution in [0.25, 0.3) is 0 Å². The van der Waals surface area contributed by atoms with E-state index in [2.05, 4.69) is 136 Å². The minimum Gasteiger partial charge on any atom is -0.462 e. The van der Waals surface area contributed by atoms with E-state index in [0.717, 1.165) is 116 Å². The lowest BCUT2D eigenvalue weighted by atomic mass is 10.0. The zero-order valence-electron chi connectivity index (χ0n) is 51.6. The summed E-state index contributed by atoms with van der Waals surface area (Å²) in [6.45, 7) is 6.39. The van der Waals surface area contributed by atoms with Gasteiger partial charge in [-0.2, -0.15) is 0 Å². The van der Waals surface area contributed by atoms with E-state index in [9.17, 15) is 14.4 Å². The smallest absolute Gasteiger partial charge is 0.306 e. The normalized spacial score (nSPS) is 12.9. The maximum atomic E-state index is 12.9. The standard InChI is InChI=1S/C73H122O6/c1-4-7-10-13-16-19-22-25-27-29-31-32-33-34-35-36-37-38-39-40-42-43-45-48-51-54-57-60-63-66-72(75)78-69-70(68-77-71(74)65-62-59-56-53-50-47-24-21-18-15-12-9-6-3)79-73(76)67-64-61-58-55-52-49-46-44-41-30-28-26-23-20-17-14-11-8-5-2/h8,11-12,15,17,20-22,24-26,28-29,31,41,44,49,52,58,61,70H,4-7,9-10,13-14,16,18-19,23,27,30,32-40,42-43,45-48,50-51,53-57,59-60,62-69H2,1-3H3/b11-8-,15-12-,20-17-,24-21-,25-22-,28-26-,31-29-,44-41-,52-49-,61-58-. The Morgan fingerprint density at radius 3 is 0.873 bits per heavy atom. The van der Waals surface area contributed by atoms with Crippen molar-refractivity contribution in [1.29, 1.82) is 0 Å². The molecule has 0 fully saturated rings. The Morgan fingerprint density at radius 1 is 0.266 bits per heavy atom. The number of carbonyl (C=O) groups is 3. The maximum absolute atomic E-state index is 12.9. The molecule has 0 bridgehead atoms. The van der Waals surface area contributed by atoms with Gasteiger partial charge in [0.1, 0.15) is 13.2 Å². The summed E-state index contributed by atoms with van der Waals surface area (Å²) >= 11 is 0. The zero-order chi connectivity index (χ0) is 57.1. The average molecular weight is 1100 g/mol. The molecule has 6 nitrogen and oxygen atoms in total. The highest BCUT2D eigenvalue weighted by atomic mass is 16.6. The molecule has 0 amide bonds. The van der Waals surface area contributed by atoms with Crippen LogP contribution in [0, 0.1) is 0 Å². The van der Waals surface area contributed by atoms with Gasteiger partial charge in [-0.25, -0.2) is 0 Å². The van der Waals surface area contributed by atoms with Crippen LogP contribution < -0.4 is 0 Å². The quantitative estimate of drug-likeness (QED) is 0.0261. The van der Waals surface area contributed by atoms with Gasteiger partial charge >= 0.3 is 17.9 Å². The SMILES string of the molecule is CC/C=C\C/C=C\C/C=C\C/C=C\C/C=C\C/C=C\CCC(=O)OC(COC(=O)CCCCCCC/C=C\C/C=C\CCC)COC(=O)CCCCCCCCCCCCCCCCCCC/C=C\C/C=C\CCCCCCC. The molecular formula is C73H122O6. The van der Waals surface area contributed by atoms with E-state index in [4.69, 9.17) is 14.2 Å². The number of carbonyl (C=O) groups excluding carboxylic acids is 3. The van der Waals surface area contributed by atoms with Crippen LogP contribution in [0.4, 0.5) is 0 Å². The highest BCUT2D eigenvalue weighted by Crippen LogP contribution is 2.16. The van der Waals surface area contributed by atoms with Crippen molar-refractivity contribution in [3.8, 4) is 0 Å². The molecule has 0 rings (SSSR count). The lowest BCUT2D eigenvalue weighted by Crippen LogP contribution is -2.30. The van der Waals surface area contributed by atoms with Gasteiger partial charge < -0.3 is 14.2 Å². The van der Waals surface area contributed by atoms with Gasteiger partial charge in [-0.3, -0.25) is 14.4 Å². The molecule has 0 aromatic heterocycles. The second-order valence-electron chi connectivity index (χ2n) is 21.6. The predicted molar refractivity (Wildman–Crippen MR) is 343 cm³/mol. The number of esters is 3. The fourth-order valence-electron chi connectivity index (χ4n) is 9.01. The van der Waals surface area contributed by atoms with Crippen LogP contribution >= 0.6 is 0 Å². The highest BCUT2D eigenvalue weighted by molar-refractivity contribution is 5.71. The molecule has 1 unspecified atom stereocenters. The Labute approximate surface area is 488 Å². The maximum Gasteiger partial charge on any atom is 0.306 e. The van der Waals surface area contributed by atoms with Crippen LogP contribution in [0.15, 0.2) is 122 Å². The number of rotatable bonds is 59. The third-order valence-electron chi connectivity index (χ3n) is 13.9. The van der Waals surface area contributed by atoms with Crippen molar-refractivity contribution in [2.75, 3.05) is 13.2 Å². The van der Waals surface area contributed by atoms with Crippen molar-refractivity contribution in [2.45, 2.75) is 309 Å². The van der Waals surface area contributed by atoms with E-state index in [1.807, 2.05) is 6.08 Å². The topological polar surface area (TPSA) is 78.9 Å². The van der Waals surface area contributed by atoms with Gasteiger partial charge in [0, 0.05) is 19.3 Å². The summed E-state index contributed by atoms with van der Waals surface area (Å²) in [4.78, 5) is 38.3. The molecular weight excluding hydrogens is 973 g/mol. The first-order valence-electron chi connectivity index (χ1n) is 33.0. The molecule has 0 saturated heterocycles. The monoisotopic (exact) mass is 1090 g/mol. The molecule has 0 heterocycles. The van der Waals surface area contributed by atoms with Crippen LogP contribution in [0.5, 0.6) is 0 Å². The molecule has 0 spiro atoms. The first-order valence-corrected chi connectivity index (χ1v) is 33.0. The molecule has 0 aliphatic heterocycles. The van der Waals surface area contributed by atoms with Crippen molar-refractivity contribution < 1.29 is 28.6 Å². The fraction of sp³-hybridized carbons (Fsp3) is 0.685. The zero-order valence-corrected chi connectivity index (χ0v) is 51.6. The number of hydrogen-bond donors (Lipinski definition) is 0. The minimum absolute atomic E-state index is 0.114. The number of unbranched alkanes of at least 4 members (excludes halogenated alkanes) is 28. The van der Waals surface area contributed by atoms with Gasteiger partial charge in [-0.05, 0) is 116 Å². The fourth-order valence-corrected chi connectivity index (χ4v) is 9.01. The van der Waals surface area contributed by atoms with E-state index < -0.39 is 12.1 Å². The first kappa shape index (κ1) is 74.8. The second-order valence-corrected chi connectivity index (χ2v) is 21.6. The van der Waals surface area contributed by atoms with E-state index in [1.165, 1.54) is 141 Å².